The Balaban J connectivity index is 1.31. The number of ether oxygens (including phenoxy) is 1. The first-order valence-electron chi connectivity index (χ1n) is 20.3. The number of benzene rings is 5. The Kier molecular flexibility index (Phi) is 9.35. The van der Waals surface area contributed by atoms with Gasteiger partial charge >= 0.3 is 5.97 Å². The molecule has 0 amide bonds. The Hall–Kier alpha value is -8.52. The molecule has 0 aliphatic carbocycles. The summed E-state index contributed by atoms with van der Waals surface area (Å²) in [5.41, 5.74) is 4.05. The Labute approximate surface area is 368 Å². The molecule has 0 atom stereocenters. The number of fused-ring (bicyclic) bond motifs is 10. The lowest BCUT2D eigenvalue weighted by Crippen LogP contribution is -2.09. The standard InChI is InChI=1S/C52H27F7N4O3/c53-28-11-7-24(8-12-28)40-32-15-16-33(60-32)41(25-9-13-29(54)14-10-25)35-18-21-38(62-35)43(44-45(55)47(57)49(59)48(58)46(44)56)39-22-20-37(63-39)42(36-19-17-34(40)61-36)30-5-1-3-26-23-27-4-2-6-31(52(64)65)51(27)66-50(26)30/h1-22,61-62H,23H2,(H,64,65). The van der Waals surface area contributed by atoms with Gasteiger partial charge in [-0.25, -0.2) is 45.5 Å². The highest BCUT2D eigenvalue weighted by Crippen LogP contribution is 2.47. The van der Waals surface area contributed by atoms with E-state index in [9.17, 15) is 23.1 Å². The fraction of sp³-hybridized carbons (Fsp3) is 0.0192. The van der Waals surface area contributed by atoms with E-state index in [1.807, 2.05) is 6.07 Å². The summed E-state index contributed by atoms with van der Waals surface area (Å²) in [7, 11) is 0. The van der Waals surface area contributed by atoms with Gasteiger partial charge in [0.2, 0.25) is 5.82 Å². The molecule has 14 heteroatoms. The van der Waals surface area contributed by atoms with E-state index in [2.05, 4.69) is 9.97 Å². The number of carboxylic acids is 1. The number of rotatable bonds is 5. The van der Waals surface area contributed by atoms with Crippen LogP contribution < -0.4 is 4.74 Å². The second-order valence-corrected chi connectivity index (χ2v) is 15.6. The van der Waals surface area contributed by atoms with Crippen LogP contribution in [0.15, 0.2) is 109 Å². The zero-order chi connectivity index (χ0) is 45.5. The topological polar surface area (TPSA) is 104 Å². The van der Waals surface area contributed by atoms with Crippen molar-refractivity contribution in [3.8, 4) is 56.0 Å². The van der Waals surface area contributed by atoms with Gasteiger partial charge in [0.25, 0.3) is 0 Å². The van der Waals surface area contributed by atoms with Crippen LogP contribution in [0, 0.1) is 40.7 Å². The summed E-state index contributed by atoms with van der Waals surface area (Å²) in [6.07, 6.45) is 6.63. The van der Waals surface area contributed by atoms with E-state index >= 15 is 17.6 Å². The number of hydrogen-bond donors (Lipinski definition) is 3. The summed E-state index contributed by atoms with van der Waals surface area (Å²) < 4.78 is 112. The molecule has 3 aliphatic rings. The molecule has 6 heterocycles. The molecule has 3 aromatic heterocycles. The highest BCUT2D eigenvalue weighted by atomic mass is 19.2. The molecule has 5 aromatic carbocycles. The monoisotopic (exact) mass is 888 g/mol. The number of carbonyl (C=O) groups is 1. The minimum Gasteiger partial charge on any atom is -0.478 e. The van der Waals surface area contributed by atoms with Crippen molar-refractivity contribution in [3.63, 3.8) is 0 Å². The number of hydrogen-bond acceptors (Lipinski definition) is 4. The Bertz CT molecular complexity index is 3620. The smallest absolute Gasteiger partial charge is 0.339 e. The van der Waals surface area contributed by atoms with Crippen molar-refractivity contribution >= 4 is 52.3 Å². The van der Waals surface area contributed by atoms with Crippen LogP contribution in [0.5, 0.6) is 11.5 Å². The Morgan fingerprint density at radius 3 is 1.41 bits per heavy atom. The number of carboxylic acid groups (broad SMARTS) is 1. The third-order valence-electron chi connectivity index (χ3n) is 11.8. The summed E-state index contributed by atoms with van der Waals surface area (Å²) in [5, 5.41) is 10.1. The predicted octanol–water partition coefficient (Wildman–Crippen LogP) is 13.7. The molecular weight excluding hydrogens is 862 g/mol. The third-order valence-corrected chi connectivity index (χ3v) is 11.8. The van der Waals surface area contributed by atoms with E-state index < -0.39 is 57.8 Å². The maximum absolute atomic E-state index is 16.1. The number of aromatic nitrogens is 4. The fourth-order valence-electron chi connectivity index (χ4n) is 8.78. The number of aromatic carboxylic acids is 1. The van der Waals surface area contributed by atoms with Crippen molar-refractivity contribution in [3.05, 3.63) is 189 Å². The molecule has 3 N–H and O–H groups in total. The van der Waals surface area contributed by atoms with E-state index in [0.29, 0.717) is 73.3 Å². The summed E-state index contributed by atoms with van der Waals surface area (Å²) >= 11 is 0. The summed E-state index contributed by atoms with van der Waals surface area (Å²) in [6, 6.07) is 27.9. The second kappa shape index (κ2) is 15.3. The summed E-state index contributed by atoms with van der Waals surface area (Å²) in [5.74, 6) is -12.6. The van der Waals surface area contributed by atoms with Gasteiger partial charge < -0.3 is 19.8 Å². The molecule has 11 rings (SSSR count). The van der Waals surface area contributed by atoms with Crippen molar-refractivity contribution in [1.29, 1.82) is 0 Å². The molecule has 0 saturated carbocycles. The molecule has 0 unspecified atom stereocenters. The number of halogens is 7. The molecule has 0 spiro atoms. The van der Waals surface area contributed by atoms with E-state index in [0.717, 1.165) is 0 Å². The average Bonchev–Trinajstić information content (AvgIpc) is 4.17. The van der Waals surface area contributed by atoms with E-state index in [4.69, 9.17) is 14.7 Å². The minimum absolute atomic E-state index is 0.0702. The third kappa shape index (κ3) is 6.47. The molecule has 8 aromatic rings. The van der Waals surface area contributed by atoms with Crippen LogP contribution in [0.4, 0.5) is 30.7 Å². The average molecular weight is 889 g/mol. The summed E-state index contributed by atoms with van der Waals surface area (Å²) in [6.45, 7) is 0. The van der Waals surface area contributed by atoms with Crippen molar-refractivity contribution in [1.82, 2.24) is 19.9 Å². The SMILES string of the molecule is O=C(O)c1cccc2c1Oc1c(cccc1-c1c3nc(c(-c4c(F)c(F)c(F)c(F)c4F)c4ccc([nH]4)c(-c4ccc(F)cc4)c4nc(c(-c5ccc(F)cc5)c5ccc1[nH]5)C=C4)C=C3)C2. The van der Waals surface area contributed by atoms with Crippen molar-refractivity contribution < 1.29 is 45.4 Å². The molecule has 0 fully saturated rings. The Morgan fingerprint density at radius 1 is 0.470 bits per heavy atom. The van der Waals surface area contributed by atoms with Gasteiger partial charge in [-0.2, -0.15) is 0 Å². The van der Waals surface area contributed by atoms with Crippen LogP contribution >= 0.6 is 0 Å². The van der Waals surface area contributed by atoms with Crippen LogP contribution in [0.2, 0.25) is 0 Å². The quantitative estimate of drug-likeness (QED) is 0.0907. The second-order valence-electron chi connectivity index (χ2n) is 15.6. The number of H-pyrrole nitrogens is 2. The minimum atomic E-state index is -2.34. The van der Waals surface area contributed by atoms with E-state index in [1.165, 1.54) is 66.7 Å². The zero-order valence-corrected chi connectivity index (χ0v) is 33.7. The van der Waals surface area contributed by atoms with Crippen LogP contribution in [-0.4, -0.2) is 31.0 Å². The zero-order valence-electron chi connectivity index (χ0n) is 33.7. The van der Waals surface area contributed by atoms with E-state index in [-0.39, 0.29) is 39.5 Å². The molecule has 322 valence electrons. The highest BCUT2D eigenvalue weighted by molar-refractivity contribution is 6.01. The highest BCUT2D eigenvalue weighted by Gasteiger charge is 2.31. The van der Waals surface area contributed by atoms with Gasteiger partial charge in [-0.05, 0) is 95.6 Å². The number of nitrogens with zero attached hydrogens (tertiary/aromatic N) is 2. The fourth-order valence-corrected chi connectivity index (χ4v) is 8.78. The number of aromatic amines is 2. The number of para-hydroxylation sites is 2. The first-order valence-corrected chi connectivity index (χ1v) is 20.3. The number of nitrogens with one attached hydrogen (secondary N) is 2. The van der Waals surface area contributed by atoms with Crippen molar-refractivity contribution in [2.75, 3.05) is 0 Å². The largest absolute Gasteiger partial charge is 0.478 e. The van der Waals surface area contributed by atoms with Crippen LogP contribution in [0.1, 0.15) is 44.3 Å². The van der Waals surface area contributed by atoms with Gasteiger partial charge in [0.15, 0.2) is 23.3 Å². The van der Waals surface area contributed by atoms with E-state index in [1.54, 1.807) is 60.7 Å². The van der Waals surface area contributed by atoms with Gasteiger partial charge in [0.1, 0.15) is 28.7 Å². The predicted molar refractivity (Wildman–Crippen MR) is 237 cm³/mol. The molecule has 66 heavy (non-hydrogen) atoms. The molecule has 7 nitrogen and oxygen atoms in total. The lowest BCUT2D eigenvalue weighted by Gasteiger charge is -2.24. The van der Waals surface area contributed by atoms with Crippen LogP contribution in [0.25, 0.3) is 90.9 Å². The molecule has 0 radical (unpaired) electrons. The molecular formula is C52H27F7N4O3. The van der Waals surface area contributed by atoms with Crippen molar-refractivity contribution in [2.24, 2.45) is 0 Å². The first-order chi connectivity index (χ1) is 31.9. The van der Waals surface area contributed by atoms with Gasteiger partial charge in [-0.1, -0.05) is 54.6 Å². The van der Waals surface area contributed by atoms with Gasteiger partial charge in [-0.3, -0.25) is 0 Å². The molecule has 8 bridgehead atoms. The molecule has 0 saturated heterocycles. The van der Waals surface area contributed by atoms with Gasteiger partial charge in [-0.15, -0.1) is 0 Å². The lowest BCUT2D eigenvalue weighted by molar-refractivity contribution is 0.0693. The Morgan fingerprint density at radius 2 is 0.894 bits per heavy atom. The maximum Gasteiger partial charge on any atom is 0.339 e. The van der Waals surface area contributed by atoms with Crippen LogP contribution in [0.3, 0.4) is 0 Å². The normalized spacial score (nSPS) is 12.5. The summed E-state index contributed by atoms with van der Waals surface area (Å²) in [4.78, 5) is 28.9. The van der Waals surface area contributed by atoms with Crippen LogP contribution in [-0.2, 0) is 6.42 Å². The lowest BCUT2D eigenvalue weighted by atomic mass is 9.93. The first kappa shape index (κ1) is 40.3. The van der Waals surface area contributed by atoms with Crippen molar-refractivity contribution in [2.45, 2.75) is 6.42 Å². The van der Waals surface area contributed by atoms with Gasteiger partial charge in [0, 0.05) is 61.9 Å². The van der Waals surface area contributed by atoms with Gasteiger partial charge in [0.05, 0.1) is 28.3 Å². The molecule has 3 aliphatic heterocycles. The maximum atomic E-state index is 16.1.